The Morgan fingerprint density at radius 3 is 2.00 bits per heavy atom. The van der Waals surface area contributed by atoms with Crippen molar-refractivity contribution in [3.05, 3.63) is 95.1 Å². The van der Waals surface area contributed by atoms with Gasteiger partial charge < -0.3 is 0 Å². The predicted octanol–water partition coefficient (Wildman–Crippen LogP) is 5.51. The van der Waals surface area contributed by atoms with Gasteiger partial charge in [-0.3, -0.25) is 0 Å². The smallest absolute Gasteiger partial charge is 0.00262 e. The second-order valence-electron chi connectivity index (χ2n) is 5.75. The van der Waals surface area contributed by atoms with Gasteiger partial charge in [-0.05, 0) is 48.8 Å². The molecule has 0 heterocycles. The zero-order chi connectivity index (χ0) is 14.3. The van der Waals surface area contributed by atoms with Gasteiger partial charge >= 0.3 is 0 Å². The first-order valence-electron chi connectivity index (χ1n) is 7.87. The molecule has 0 bridgehead atoms. The van der Waals surface area contributed by atoms with Gasteiger partial charge in [0.2, 0.25) is 0 Å². The lowest BCUT2D eigenvalue weighted by Crippen LogP contribution is -1.98. The molecule has 3 rings (SSSR count). The predicted molar refractivity (Wildman–Crippen MR) is 90.3 cm³/mol. The van der Waals surface area contributed by atoms with E-state index in [1.54, 1.807) is 5.57 Å². The molecule has 0 saturated carbocycles. The van der Waals surface area contributed by atoms with Crippen molar-refractivity contribution in [3.8, 4) is 0 Å². The Morgan fingerprint density at radius 2 is 1.33 bits per heavy atom. The Hall–Kier alpha value is -2.08. The van der Waals surface area contributed by atoms with E-state index in [0.717, 1.165) is 12.8 Å². The maximum Gasteiger partial charge on any atom is -0.00262 e. The average molecular weight is 274 g/mol. The summed E-state index contributed by atoms with van der Waals surface area (Å²) in [6.07, 6.45) is 10.6. The van der Waals surface area contributed by atoms with E-state index >= 15 is 0 Å². The molecule has 0 nitrogen and oxygen atoms in total. The van der Waals surface area contributed by atoms with Crippen molar-refractivity contribution in [2.24, 2.45) is 0 Å². The minimum absolute atomic E-state index is 1.06. The van der Waals surface area contributed by atoms with Crippen LogP contribution in [0, 0.1) is 0 Å². The summed E-state index contributed by atoms with van der Waals surface area (Å²) in [5.41, 5.74) is 5.96. The van der Waals surface area contributed by atoms with E-state index in [4.69, 9.17) is 0 Å². The molecular weight excluding hydrogens is 252 g/mol. The van der Waals surface area contributed by atoms with E-state index in [1.165, 1.54) is 36.0 Å². The third-order valence-corrected chi connectivity index (χ3v) is 4.12. The van der Waals surface area contributed by atoms with Crippen LogP contribution in [0.1, 0.15) is 30.4 Å². The van der Waals surface area contributed by atoms with E-state index < -0.39 is 0 Å². The zero-order valence-corrected chi connectivity index (χ0v) is 12.5. The summed E-state index contributed by atoms with van der Waals surface area (Å²) in [6.45, 7) is 0. The molecule has 2 aromatic carbocycles. The number of rotatable bonds is 4. The number of benzene rings is 2. The normalized spacial score (nSPS) is 15.0. The highest BCUT2D eigenvalue weighted by Gasteiger charge is 2.09. The first-order valence-corrected chi connectivity index (χ1v) is 7.87. The maximum atomic E-state index is 2.36. The Labute approximate surface area is 127 Å². The molecule has 2 aromatic rings. The van der Waals surface area contributed by atoms with Gasteiger partial charge in [-0.15, -0.1) is 0 Å². The van der Waals surface area contributed by atoms with Crippen LogP contribution in [0.5, 0.6) is 0 Å². The SMILES string of the molecule is C1=CC(Cc2ccccc2)=C(Cc2ccccc2)CCC1. The fraction of sp³-hybridized carbons (Fsp3) is 0.238. The number of hydrogen-bond donors (Lipinski definition) is 0. The minimum Gasteiger partial charge on any atom is -0.0842 e. The standard InChI is InChI=1S/C21H22/c1-4-10-18(11-5-1)16-20-14-8-3-9-15-21(20)17-19-12-6-2-7-13-19/h1-2,4-8,10-14H,3,9,15-17H2. The van der Waals surface area contributed by atoms with Crippen LogP contribution in [0.2, 0.25) is 0 Å². The second kappa shape index (κ2) is 7.08. The van der Waals surface area contributed by atoms with Crippen LogP contribution in [-0.2, 0) is 12.8 Å². The number of hydrogen-bond acceptors (Lipinski definition) is 0. The molecule has 1 aliphatic rings. The van der Waals surface area contributed by atoms with Crippen molar-refractivity contribution in [1.82, 2.24) is 0 Å². The molecule has 0 unspecified atom stereocenters. The van der Waals surface area contributed by atoms with Gasteiger partial charge in [0.25, 0.3) is 0 Å². The van der Waals surface area contributed by atoms with Crippen molar-refractivity contribution in [2.75, 3.05) is 0 Å². The summed E-state index contributed by atoms with van der Waals surface area (Å²) in [5, 5.41) is 0. The van der Waals surface area contributed by atoms with Crippen molar-refractivity contribution < 1.29 is 0 Å². The van der Waals surface area contributed by atoms with Gasteiger partial charge in [-0.1, -0.05) is 78.4 Å². The van der Waals surface area contributed by atoms with Gasteiger partial charge in [0.05, 0.1) is 0 Å². The molecule has 0 spiro atoms. The fourth-order valence-corrected chi connectivity index (χ4v) is 2.98. The van der Waals surface area contributed by atoms with Crippen molar-refractivity contribution in [1.29, 1.82) is 0 Å². The van der Waals surface area contributed by atoms with Crippen molar-refractivity contribution in [2.45, 2.75) is 32.1 Å². The van der Waals surface area contributed by atoms with Crippen molar-refractivity contribution in [3.63, 3.8) is 0 Å². The lowest BCUT2D eigenvalue weighted by Gasteiger charge is -2.12. The first kappa shape index (κ1) is 13.9. The highest BCUT2D eigenvalue weighted by molar-refractivity contribution is 5.36. The average Bonchev–Trinajstić information content (AvgIpc) is 2.75. The molecule has 0 radical (unpaired) electrons. The van der Waals surface area contributed by atoms with Gasteiger partial charge in [-0.25, -0.2) is 0 Å². The molecule has 0 aliphatic heterocycles. The second-order valence-corrected chi connectivity index (χ2v) is 5.75. The molecule has 1 aliphatic carbocycles. The summed E-state index contributed by atoms with van der Waals surface area (Å²) in [4.78, 5) is 0. The first-order chi connectivity index (χ1) is 10.4. The van der Waals surface area contributed by atoms with E-state index in [-0.39, 0.29) is 0 Å². The lowest BCUT2D eigenvalue weighted by atomic mass is 9.93. The van der Waals surface area contributed by atoms with Gasteiger partial charge in [0, 0.05) is 0 Å². The van der Waals surface area contributed by atoms with E-state index in [9.17, 15) is 0 Å². The molecular formula is C21H22. The van der Waals surface area contributed by atoms with Crippen LogP contribution in [0.4, 0.5) is 0 Å². The van der Waals surface area contributed by atoms with Crippen molar-refractivity contribution >= 4 is 0 Å². The summed E-state index contributed by atoms with van der Waals surface area (Å²) in [6, 6.07) is 21.7. The zero-order valence-electron chi connectivity index (χ0n) is 12.5. The Bertz CT molecular complexity index is 618. The summed E-state index contributed by atoms with van der Waals surface area (Å²) < 4.78 is 0. The largest absolute Gasteiger partial charge is 0.0842 e. The van der Waals surface area contributed by atoms with Crippen LogP contribution in [0.25, 0.3) is 0 Å². The lowest BCUT2D eigenvalue weighted by molar-refractivity contribution is 0.811. The third-order valence-electron chi connectivity index (χ3n) is 4.12. The van der Waals surface area contributed by atoms with Crippen LogP contribution in [-0.4, -0.2) is 0 Å². The Kier molecular flexibility index (Phi) is 4.68. The van der Waals surface area contributed by atoms with Crippen LogP contribution < -0.4 is 0 Å². The molecule has 0 heteroatoms. The minimum atomic E-state index is 1.06. The maximum absolute atomic E-state index is 2.36. The fourth-order valence-electron chi connectivity index (χ4n) is 2.98. The molecule has 0 N–H and O–H groups in total. The molecule has 21 heavy (non-hydrogen) atoms. The van der Waals surface area contributed by atoms with Crippen LogP contribution >= 0.6 is 0 Å². The Morgan fingerprint density at radius 1 is 0.714 bits per heavy atom. The summed E-state index contributed by atoms with van der Waals surface area (Å²) in [7, 11) is 0. The molecule has 0 fully saturated rings. The van der Waals surface area contributed by atoms with Gasteiger partial charge in [0.15, 0.2) is 0 Å². The van der Waals surface area contributed by atoms with Crippen LogP contribution in [0.15, 0.2) is 84.0 Å². The summed E-state index contributed by atoms with van der Waals surface area (Å²) >= 11 is 0. The quantitative estimate of drug-likeness (QED) is 0.689. The van der Waals surface area contributed by atoms with E-state index in [1.807, 2.05) is 0 Å². The topological polar surface area (TPSA) is 0 Å². The summed E-state index contributed by atoms with van der Waals surface area (Å²) in [5.74, 6) is 0. The number of allylic oxidation sites excluding steroid dienone is 4. The molecule has 0 amide bonds. The molecule has 0 atom stereocenters. The van der Waals surface area contributed by atoms with E-state index in [0.29, 0.717) is 0 Å². The van der Waals surface area contributed by atoms with Gasteiger partial charge in [-0.2, -0.15) is 0 Å². The van der Waals surface area contributed by atoms with Gasteiger partial charge in [0.1, 0.15) is 0 Å². The van der Waals surface area contributed by atoms with Crippen LogP contribution in [0.3, 0.4) is 0 Å². The highest BCUT2D eigenvalue weighted by Crippen LogP contribution is 2.25. The molecule has 106 valence electrons. The van der Waals surface area contributed by atoms with E-state index in [2.05, 4.69) is 72.8 Å². The molecule has 0 aromatic heterocycles. The monoisotopic (exact) mass is 274 g/mol. The third kappa shape index (κ3) is 3.95. The highest BCUT2D eigenvalue weighted by atomic mass is 14.1. The molecule has 0 saturated heterocycles. The Balaban J connectivity index is 1.86.